The van der Waals surface area contributed by atoms with Crippen molar-refractivity contribution in [2.24, 2.45) is 0 Å². The van der Waals surface area contributed by atoms with Crippen molar-refractivity contribution >= 4 is 23.0 Å². The minimum atomic E-state index is -0.605. The largest absolute Gasteiger partial charge is 0.503 e. The summed E-state index contributed by atoms with van der Waals surface area (Å²) in [6.07, 6.45) is 2.00. The number of ether oxygens (including phenoxy) is 1. The van der Waals surface area contributed by atoms with Crippen molar-refractivity contribution in [2.45, 2.75) is 12.5 Å². The van der Waals surface area contributed by atoms with Gasteiger partial charge in [-0.15, -0.1) is 11.3 Å². The lowest BCUT2D eigenvalue weighted by Gasteiger charge is -2.25. The van der Waals surface area contributed by atoms with Crippen LogP contribution in [-0.2, 0) is 9.53 Å². The third-order valence-corrected chi connectivity index (χ3v) is 4.78. The molecule has 6 nitrogen and oxygen atoms in total. The van der Waals surface area contributed by atoms with E-state index >= 15 is 0 Å². The van der Waals surface area contributed by atoms with Gasteiger partial charge in [-0.2, -0.15) is 0 Å². The Labute approximate surface area is 143 Å². The molecule has 3 heterocycles. The summed E-state index contributed by atoms with van der Waals surface area (Å²) in [6, 6.07) is 6.21. The second kappa shape index (κ2) is 7.02. The van der Waals surface area contributed by atoms with Gasteiger partial charge in [-0.25, -0.2) is 0 Å². The number of carbonyl (C=O) groups is 2. The Hall–Kier alpha value is -2.38. The van der Waals surface area contributed by atoms with Crippen LogP contribution in [0.1, 0.15) is 27.9 Å². The molecule has 0 aliphatic carbocycles. The maximum Gasteiger partial charge on any atom is 0.290 e. The fourth-order valence-electron chi connectivity index (χ4n) is 2.78. The number of carbonyl (C=O) groups excluding carboxylic acids is 2. The van der Waals surface area contributed by atoms with Gasteiger partial charge in [-0.3, -0.25) is 9.59 Å². The molecule has 0 saturated carbocycles. The van der Waals surface area contributed by atoms with Crippen molar-refractivity contribution in [1.29, 1.82) is 0 Å². The number of nitrogens with zero attached hydrogens (tertiary/aromatic N) is 1. The highest BCUT2D eigenvalue weighted by Crippen LogP contribution is 2.40. The van der Waals surface area contributed by atoms with E-state index in [4.69, 9.17) is 9.15 Å². The zero-order valence-corrected chi connectivity index (χ0v) is 13.9. The Morgan fingerprint density at radius 3 is 2.88 bits per heavy atom. The van der Waals surface area contributed by atoms with E-state index in [1.165, 1.54) is 28.6 Å². The van der Waals surface area contributed by atoms with Crippen molar-refractivity contribution in [3.8, 4) is 0 Å². The Morgan fingerprint density at radius 1 is 1.42 bits per heavy atom. The van der Waals surface area contributed by atoms with Crippen molar-refractivity contribution in [2.75, 3.05) is 20.3 Å². The molecule has 0 bridgehead atoms. The lowest BCUT2D eigenvalue weighted by Crippen LogP contribution is -2.32. The van der Waals surface area contributed by atoms with Crippen molar-refractivity contribution in [1.82, 2.24) is 4.90 Å². The van der Waals surface area contributed by atoms with Gasteiger partial charge in [-0.1, -0.05) is 6.07 Å². The highest BCUT2D eigenvalue weighted by molar-refractivity contribution is 7.10. The molecule has 0 aromatic carbocycles. The molecule has 1 amide bonds. The van der Waals surface area contributed by atoms with Gasteiger partial charge in [0.1, 0.15) is 0 Å². The van der Waals surface area contributed by atoms with E-state index in [9.17, 15) is 14.7 Å². The molecule has 3 rings (SSSR count). The monoisotopic (exact) mass is 347 g/mol. The second-order valence-electron chi connectivity index (χ2n) is 5.33. The molecule has 2 aromatic heterocycles. The van der Waals surface area contributed by atoms with Crippen LogP contribution in [0, 0.1) is 0 Å². The molecule has 0 saturated heterocycles. The number of ketones is 1. The number of rotatable bonds is 7. The average Bonchev–Trinajstić information content (AvgIpc) is 3.31. The van der Waals surface area contributed by atoms with Gasteiger partial charge in [0.05, 0.1) is 17.9 Å². The standard InChI is InChI=1S/C17H17NO5S/c1-22-8-4-7-18-14(12-6-3-10-24-12)13(16(20)17(18)21)15(19)11-5-2-9-23-11/h2-3,5-6,9-10,14,20H,4,7-8H2,1H3. The van der Waals surface area contributed by atoms with Crippen LogP contribution < -0.4 is 0 Å². The van der Waals surface area contributed by atoms with Crippen LogP contribution in [-0.4, -0.2) is 42.0 Å². The molecule has 0 fully saturated rings. The molecule has 1 aliphatic heterocycles. The smallest absolute Gasteiger partial charge is 0.290 e. The molecule has 7 heteroatoms. The summed E-state index contributed by atoms with van der Waals surface area (Å²) >= 11 is 1.43. The molecule has 1 atom stereocenters. The first-order chi connectivity index (χ1) is 11.6. The van der Waals surface area contributed by atoms with Crippen LogP contribution in [0.15, 0.2) is 51.7 Å². The maximum atomic E-state index is 12.7. The SMILES string of the molecule is COCCCN1C(=O)C(O)=C(C(=O)c2ccco2)C1c1cccs1. The van der Waals surface area contributed by atoms with Crippen LogP contribution in [0.2, 0.25) is 0 Å². The van der Waals surface area contributed by atoms with E-state index in [0.717, 1.165) is 4.88 Å². The summed E-state index contributed by atoms with van der Waals surface area (Å²) in [5.74, 6) is -1.42. The Kier molecular flexibility index (Phi) is 4.82. The highest BCUT2D eigenvalue weighted by Gasteiger charge is 2.44. The van der Waals surface area contributed by atoms with E-state index in [1.807, 2.05) is 17.5 Å². The van der Waals surface area contributed by atoms with Gasteiger partial charge in [0.2, 0.25) is 5.78 Å². The number of Topliss-reactive ketones (excluding diaryl/α,β-unsaturated/α-hetero) is 1. The van der Waals surface area contributed by atoms with Gasteiger partial charge in [-0.05, 0) is 30.0 Å². The molecular weight excluding hydrogens is 330 g/mol. The predicted molar refractivity (Wildman–Crippen MR) is 88.0 cm³/mol. The van der Waals surface area contributed by atoms with Crippen LogP contribution in [0.3, 0.4) is 0 Å². The number of aliphatic hydroxyl groups is 1. The van der Waals surface area contributed by atoms with Crippen LogP contribution >= 0.6 is 11.3 Å². The van der Waals surface area contributed by atoms with E-state index in [-0.39, 0.29) is 11.3 Å². The number of methoxy groups -OCH3 is 1. The predicted octanol–water partition coefficient (Wildman–Crippen LogP) is 2.96. The first-order valence-corrected chi connectivity index (χ1v) is 8.37. The van der Waals surface area contributed by atoms with E-state index in [0.29, 0.717) is 19.6 Å². The third kappa shape index (κ3) is 2.88. The molecule has 1 unspecified atom stereocenters. The zero-order valence-electron chi connectivity index (χ0n) is 13.1. The number of thiophene rings is 1. The Morgan fingerprint density at radius 2 is 2.25 bits per heavy atom. The normalized spacial score (nSPS) is 17.8. The summed E-state index contributed by atoms with van der Waals surface area (Å²) in [5, 5.41) is 12.2. The summed E-state index contributed by atoms with van der Waals surface area (Å²) in [4.78, 5) is 27.6. The van der Waals surface area contributed by atoms with Crippen molar-refractivity contribution < 1.29 is 23.8 Å². The summed E-state index contributed by atoms with van der Waals surface area (Å²) < 4.78 is 10.2. The Bertz CT molecular complexity index is 748. The number of aliphatic hydroxyl groups excluding tert-OH is 1. The number of hydrogen-bond donors (Lipinski definition) is 1. The average molecular weight is 347 g/mol. The van der Waals surface area contributed by atoms with Crippen LogP contribution in [0.4, 0.5) is 0 Å². The maximum absolute atomic E-state index is 12.7. The Balaban J connectivity index is 1.98. The molecule has 126 valence electrons. The van der Waals surface area contributed by atoms with Crippen molar-refractivity contribution in [3.05, 3.63) is 57.9 Å². The zero-order chi connectivity index (χ0) is 17.1. The molecular formula is C17H17NO5S. The molecule has 1 aliphatic rings. The number of hydrogen-bond acceptors (Lipinski definition) is 6. The number of furan rings is 1. The molecule has 24 heavy (non-hydrogen) atoms. The van der Waals surface area contributed by atoms with Gasteiger partial charge in [0, 0.05) is 25.1 Å². The quantitative estimate of drug-likeness (QED) is 0.615. The van der Waals surface area contributed by atoms with Crippen molar-refractivity contribution in [3.63, 3.8) is 0 Å². The summed E-state index contributed by atoms with van der Waals surface area (Å²) in [6.45, 7) is 0.872. The highest BCUT2D eigenvalue weighted by atomic mass is 32.1. The molecule has 2 aromatic rings. The fraction of sp³-hybridized carbons (Fsp3) is 0.294. The summed E-state index contributed by atoms with van der Waals surface area (Å²) in [5.41, 5.74) is 0.0646. The van der Waals surface area contributed by atoms with Gasteiger partial charge in [0.25, 0.3) is 5.91 Å². The molecule has 0 radical (unpaired) electrons. The lowest BCUT2D eigenvalue weighted by molar-refractivity contribution is -0.129. The molecule has 0 spiro atoms. The third-order valence-electron chi connectivity index (χ3n) is 3.85. The van der Waals surface area contributed by atoms with E-state index in [2.05, 4.69) is 0 Å². The number of amides is 1. The fourth-order valence-corrected chi connectivity index (χ4v) is 3.62. The first kappa shape index (κ1) is 16.5. The van der Waals surface area contributed by atoms with Gasteiger partial charge in [0.15, 0.2) is 11.5 Å². The minimum Gasteiger partial charge on any atom is -0.503 e. The summed E-state index contributed by atoms with van der Waals surface area (Å²) in [7, 11) is 1.59. The second-order valence-corrected chi connectivity index (χ2v) is 6.31. The minimum absolute atomic E-state index is 0.0646. The lowest BCUT2D eigenvalue weighted by atomic mass is 10.0. The van der Waals surface area contributed by atoms with E-state index in [1.54, 1.807) is 13.2 Å². The molecule has 1 N–H and O–H groups in total. The first-order valence-electron chi connectivity index (χ1n) is 7.49. The van der Waals surface area contributed by atoms with E-state index < -0.39 is 23.5 Å². The van der Waals surface area contributed by atoms with Gasteiger partial charge >= 0.3 is 0 Å². The topological polar surface area (TPSA) is 80.0 Å². The van der Waals surface area contributed by atoms with Crippen LogP contribution in [0.5, 0.6) is 0 Å². The van der Waals surface area contributed by atoms with Crippen LogP contribution in [0.25, 0.3) is 0 Å². The van der Waals surface area contributed by atoms with Gasteiger partial charge < -0.3 is 19.2 Å².